The summed E-state index contributed by atoms with van der Waals surface area (Å²) in [5.74, 6) is 0. The summed E-state index contributed by atoms with van der Waals surface area (Å²) < 4.78 is 0. The van der Waals surface area contributed by atoms with E-state index in [0.717, 1.165) is 0 Å². The van der Waals surface area contributed by atoms with Gasteiger partial charge in [0, 0.05) is 0 Å². The van der Waals surface area contributed by atoms with Crippen LogP contribution in [0.15, 0.2) is 24.3 Å². The van der Waals surface area contributed by atoms with Crippen LogP contribution < -0.4 is 0 Å². The quantitative estimate of drug-likeness (QED) is 0.381. The summed E-state index contributed by atoms with van der Waals surface area (Å²) in [7, 11) is -2.21. The largest absolute Gasteiger partial charge is 0.317 e. The zero-order chi connectivity index (χ0) is 28.4. The van der Waals surface area contributed by atoms with E-state index < -0.39 is 7.05 Å². The second-order valence-corrected chi connectivity index (χ2v) is 21.0. The molecule has 0 fully saturated rings. The third-order valence-electron chi connectivity index (χ3n) is 11.7. The summed E-state index contributed by atoms with van der Waals surface area (Å²) >= 11 is 0. The molecule has 0 heterocycles. The molecule has 0 unspecified atom stereocenters. The number of benzene rings is 2. The highest BCUT2D eigenvalue weighted by Crippen LogP contribution is 2.76. The molecule has 1 N–H and O–H groups in total. The van der Waals surface area contributed by atoms with Gasteiger partial charge in [-0.05, 0) is 129 Å². The molecule has 0 aliphatic heterocycles. The van der Waals surface area contributed by atoms with Crippen LogP contribution in [0.25, 0.3) is 11.1 Å². The van der Waals surface area contributed by atoms with E-state index in [2.05, 4.69) is 114 Å². The predicted octanol–water partition coefficient (Wildman–Crippen LogP) is 11.2. The molecule has 208 valence electrons. The molecule has 3 aliphatic rings. The van der Waals surface area contributed by atoms with Gasteiger partial charge in [0.15, 0.2) is 0 Å². The van der Waals surface area contributed by atoms with Gasteiger partial charge >= 0.3 is 0 Å². The van der Waals surface area contributed by atoms with Crippen LogP contribution in [0, 0.1) is 5.16 Å². The van der Waals surface area contributed by atoms with Crippen molar-refractivity contribution in [3.05, 3.63) is 57.6 Å². The molecule has 0 saturated heterocycles. The smallest absolute Gasteiger partial charge is 0.0537 e. The van der Waals surface area contributed by atoms with E-state index in [1.54, 1.807) is 11.1 Å². The summed E-state index contributed by atoms with van der Waals surface area (Å²) in [6.07, 6.45) is 4.91. The number of hydrogen-bond donors (Lipinski definition) is 1. The first-order valence-corrected chi connectivity index (χ1v) is 17.2. The Bertz CT molecular complexity index is 1270. The van der Waals surface area contributed by atoms with Crippen LogP contribution in [0.4, 0.5) is 0 Å². The van der Waals surface area contributed by atoms with Gasteiger partial charge < -0.3 is 5.16 Å². The van der Waals surface area contributed by atoms with Gasteiger partial charge in [0.25, 0.3) is 0 Å². The summed E-state index contributed by atoms with van der Waals surface area (Å²) in [6.45, 7) is 31.4. The first-order valence-electron chi connectivity index (χ1n) is 15.2. The highest BCUT2D eigenvalue weighted by atomic mass is 31.2. The fourth-order valence-electron chi connectivity index (χ4n) is 8.65. The van der Waals surface area contributed by atoms with E-state index in [0.29, 0.717) is 11.3 Å². The number of fused-ring (bicyclic) bond motifs is 5. The first kappa shape index (κ1) is 28.2. The molecule has 1 nitrogen and oxygen atoms in total. The van der Waals surface area contributed by atoms with Crippen LogP contribution in [0.1, 0.15) is 149 Å². The minimum atomic E-state index is -2.21. The monoisotopic (exact) mass is 531 g/mol. The van der Waals surface area contributed by atoms with Crippen molar-refractivity contribution >= 4 is 7.05 Å². The van der Waals surface area contributed by atoms with Gasteiger partial charge in [-0.25, -0.2) is 0 Å². The lowest BCUT2D eigenvalue weighted by atomic mass is 9.62. The summed E-state index contributed by atoms with van der Waals surface area (Å²) in [5.41, 5.74) is 13.3. The first-order chi connectivity index (χ1) is 17.2. The molecule has 2 aromatic rings. The number of hydrogen-bond acceptors (Lipinski definition) is 1. The summed E-state index contributed by atoms with van der Waals surface area (Å²) in [5, 5.41) is 10.2. The lowest BCUT2D eigenvalue weighted by Gasteiger charge is -2.48. The van der Waals surface area contributed by atoms with Gasteiger partial charge in [-0.1, -0.05) is 95.2 Å². The zero-order valence-corrected chi connectivity index (χ0v) is 27.6. The Morgan fingerprint density at radius 3 is 1.03 bits per heavy atom. The molecular formula is C36H54NP. The summed E-state index contributed by atoms with van der Waals surface area (Å²) in [6, 6.07) is 10.5. The molecule has 0 atom stereocenters. The molecule has 0 amide bonds. The van der Waals surface area contributed by atoms with E-state index in [1.165, 1.54) is 59.1 Å². The summed E-state index contributed by atoms with van der Waals surface area (Å²) in [4.78, 5) is 0. The maximum Gasteiger partial charge on any atom is 0.0537 e. The highest BCUT2D eigenvalue weighted by molar-refractivity contribution is 7.67. The van der Waals surface area contributed by atoms with E-state index >= 15 is 0 Å². The molecule has 2 heteroatoms. The van der Waals surface area contributed by atoms with Crippen molar-refractivity contribution in [1.82, 2.24) is 0 Å². The molecular weight excluding hydrogens is 477 g/mol. The lowest BCUT2D eigenvalue weighted by molar-refractivity contribution is 0.331. The van der Waals surface area contributed by atoms with Gasteiger partial charge in [-0.3, -0.25) is 0 Å². The SMILES string of the molecule is CC(C)P(=N)(C(C)C)C1(C)c2cc3c(cc2-c2cc4c(cc21)C(C)(C)CCC4(C)C)C(C)(C)CCC3(C)C. The van der Waals surface area contributed by atoms with E-state index in [-0.39, 0.29) is 26.8 Å². The molecule has 5 rings (SSSR count). The molecule has 38 heavy (non-hydrogen) atoms. The van der Waals surface area contributed by atoms with Crippen molar-refractivity contribution in [2.45, 2.75) is 154 Å². The topological polar surface area (TPSA) is 23.9 Å². The van der Waals surface area contributed by atoms with Crippen molar-refractivity contribution in [2.75, 3.05) is 0 Å². The Balaban J connectivity index is 1.96. The van der Waals surface area contributed by atoms with E-state index in [9.17, 15) is 5.16 Å². The normalized spacial score (nSPS) is 23.6. The second-order valence-electron chi connectivity index (χ2n) is 16.5. The molecule has 0 bridgehead atoms. The average molecular weight is 532 g/mol. The van der Waals surface area contributed by atoms with Crippen LogP contribution in [0.3, 0.4) is 0 Å². The molecule has 2 aromatic carbocycles. The van der Waals surface area contributed by atoms with Crippen molar-refractivity contribution in [3.63, 3.8) is 0 Å². The molecule has 0 spiro atoms. The van der Waals surface area contributed by atoms with Gasteiger partial charge in [0.1, 0.15) is 0 Å². The van der Waals surface area contributed by atoms with Crippen LogP contribution >= 0.6 is 7.05 Å². The van der Waals surface area contributed by atoms with Gasteiger partial charge in [-0.2, -0.15) is 0 Å². The van der Waals surface area contributed by atoms with Crippen molar-refractivity contribution in [1.29, 1.82) is 5.16 Å². The van der Waals surface area contributed by atoms with E-state index in [4.69, 9.17) is 0 Å². The predicted molar refractivity (Wildman–Crippen MR) is 169 cm³/mol. The zero-order valence-electron chi connectivity index (χ0n) is 26.7. The Kier molecular flexibility index (Phi) is 6.03. The van der Waals surface area contributed by atoms with Gasteiger partial charge in [-0.15, -0.1) is 0 Å². The standard InChI is InChI=1S/C36H54NP/c1-22(2)38(37,23(3)4)36(13)26-20-30-28(32(5,6)14-16-34(30,9)10)18-24(26)25-19-29-31(21-27(25)36)35(11,12)17-15-33(29,7)8/h18-23,37H,14-17H2,1-13H3. The fourth-order valence-corrected chi connectivity index (χ4v) is 13.1. The Morgan fingerprint density at radius 2 is 0.763 bits per heavy atom. The van der Waals surface area contributed by atoms with Crippen LogP contribution in [-0.4, -0.2) is 11.3 Å². The highest BCUT2D eigenvalue weighted by Gasteiger charge is 2.54. The van der Waals surface area contributed by atoms with Gasteiger partial charge in [0.2, 0.25) is 0 Å². The third kappa shape index (κ3) is 3.52. The van der Waals surface area contributed by atoms with Crippen molar-refractivity contribution in [3.8, 4) is 11.1 Å². The number of rotatable bonds is 3. The minimum Gasteiger partial charge on any atom is -0.317 e. The Labute approximate surface area is 234 Å². The second kappa shape index (κ2) is 8.12. The molecule has 0 aromatic heterocycles. The average Bonchev–Trinajstić information content (AvgIpc) is 3.06. The van der Waals surface area contributed by atoms with Crippen LogP contribution in [0.2, 0.25) is 0 Å². The Morgan fingerprint density at radius 1 is 0.500 bits per heavy atom. The molecule has 0 saturated carbocycles. The maximum absolute atomic E-state index is 10.4. The minimum absolute atomic E-state index is 0.164. The lowest BCUT2D eigenvalue weighted by Crippen LogP contribution is -2.36. The number of nitrogens with one attached hydrogen (secondary N) is 1. The van der Waals surface area contributed by atoms with Crippen molar-refractivity contribution in [2.24, 2.45) is 0 Å². The fraction of sp³-hybridized carbons (Fsp3) is 0.667. The third-order valence-corrected chi connectivity index (χ3v) is 16.9. The molecule has 0 radical (unpaired) electrons. The van der Waals surface area contributed by atoms with Gasteiger partial charge in [0.05, 0.1) is 5.16 Å². The maximum atomic E-state index is 10.4. The van der Waals surface area contributed by atoms with Crippen molar-refractivity contribution < 1.29 is 0 Å². The Hall–Kier alpha value is -1.33. The van der Waals surface area contributed by atoms with Crippen LogP contribution in [0.5, 0.6) is 0 Å². The van der Waals surface area contributed by atoms with E-state index in [1.807, 2.05) is 0 Å². The van der Waals surface area contributed by atoms with Crippen LogP contribution in [-0.2, 0) is 26.8 Å². The molecule has 3 aliphatic carbocycles.